The summed E-state index contributed by atoms with van der Waals surface area (Å²) < 4.78 is 0. The van der Waals surface area contributed by atoms with E-state index in [-0.39, 0.29) is 5.91 Å². The first-order valence-corrected chi connectivity index (χ1v) is 6.14. The molecule has 0 radical (unpaired) electrons. The van der Waals surface area contributed by atoms with Crippen LogP contribution in [0.5, 0.6) is 0 Å². The molecule has 0 aliphatic heterocycles. The van der Waals surface area contributed by atoms with Crippen LogP contribution in [0, 0.1) is 0 Å². The summed E-state index contributed by atoms with van der Waals surface area (Å²) in [5, 5.41) is 3.75. The lowest BCUT2D eigenvalue weighted by molar-refractivity contribution is -0.130. The number of hydrogen-bond donors (Lipinski definition) is 1. The van der Waals surface area contributed by atoms with Gasteiger partial charge in [0.2, 0.25) is 5.91 Å². The first-order chi connectivity index (χ1) is 8.13. The van der Waals surface area contributed by atoms with Crippen LogP contribution in [-0.4, -0.2) is 31.4 Å². The van der Waals surface area contributed by atoms with Gasteiger partial charge >= 0.3 is 0 Å². The minimum Gasteiger partial charge on any atom is -0.341 e. The second kappa shape index (κ2) is 7.30. The molecule has 0 saturated carbocycles. The molecule has 4 heteroatoms. The van der Waals surface area contributed by atoms with Crippen LogP contribution < -0.4 is 5.32 Å². The highest BCUT2D eigenvalue weighted by molar-refractivity contribution is 6.30. The van der Waals surface area contributed by atoms with Gasteiger partial charge in [0.15, 0.2) is 0 Å². The Kier molecular flexibility index (Phi) is 6.01. The average Bonchev–Trinajstić information content (AvgIpc) is 2.32. The van der Waals surface area contributed by atoms with Crippen molar-refractivity contribution in [3.63, 3.8) is 0 Å². The molecule has 0 unspecified atom stereocenters. The summed E-state index contributed by atoms with van der Waals surface area (Å²) in [7, 11) is 3.72. The largest absolute Gasteiger partial charge is 0.341 e. The molecule has 1 aromatic rings. The van der Waals surface area contributed by atoms with E-state index in [1.165, 1.54) is 0 Å². The molecule has 1 aromatic carbocycles. The molecule has 0 saturated heterocycles. The van der Waals surface area contributed by atoms with Gasteiger partial charge in [0, 0.05) is 25.0 Å². The number of nitrogens with zero attached hydrogens (tertiary/aromatic N) is 1. The van der Waals surface area contributed by atoms with Gasteiger partial charge in [-0.15, -0.1) is 0 Å². The normalized spacial score (nSPS) is 10.3. The molecule has 0 bridgehead atoms. The van der Waals surface area contributed by atoms with Crippen molar-refractivity contribution in [2.24, 2.45) is 0 Å². The molecule has 0 aliphatic carbocycles. The third kappa shape index (κ3) is 5.20. The van der Waals surface area contributed by atoms with E-state index in [0.29, 0.717) is 13.0 Å². The molecule has 1 rings (SSSR count). The number of carbonyl (C=O) groups excluding carboxylic acids is 1. The summed E-state index contributed by atoms with van der Waals surface area (Å²) in [5.74, 6) is 0.176. The number of amides is 1. The van der Waals surface area contributed by atoms with E-state index in [9.17, 15) is 4.79 Å². The molecular weight excluding hydrogens is 236 g/mol. The van der Waals surface area contributed by atoms with Gasteiger partial charge in [-0.25, -0.2) is 0 Å². The highest BCUT2D eigenvalue weighted by Crippen LogP contribution is 2.11. The number of hydrogen-bond acceptors (Lipinski definition) is 2. The van der Waals surface area contributed by atoms with Crippen molar-refractivity contribution < 1.29 is 4.79 Å². The lowest BCUT2D eigenvalue weighted by Crippen LogP contribution is -2.26. The fourth-order valence-electron chi connectivity index (χ4n) is 1.56. The Balaban J connectivity index is 2.40. The van der Waals surface area contributed by atoms with Crippen LogP contribution in [0.2, 0.25) is 5.02 Å². The molecule has 17 heavy (non-hydrogen) atoms. The summed E-state index contributed by atoms with van der Waals surface area (Å²) in [5.41, 5.74) is 1.10. The lowest BCUT2D eigenvalue weighted by atomic mass is 10.2. The van der Waals surface area contributed by atoms with Crippen LogP contribution in [0.3, 0.4) is 0 Å². The highest BCUT2D eigenvalue weighted by Gasteiger charge is 2.08. The second-order valence-corrected chi connectivity index (χ2v) is 4.52. The van der Waals surface area contributed by atoms with Crippen molar-refractivity contribution in [3.8, 4) is 0 Å². The van der Waals surface area contributed by atoms with E-state index in [4.69, 9.17) is 11.6 Å². The van der Waals surface area contributed by atoms with E-state index >= 15 is 0 Å². The molecule has 0 aromatic heterocycles. The zero-order valence-corrected chi connectivity index (χ0v) is 11.1. The van der Waals surface area contributed by atoms with Gasteiger partial charge in [0.25, 0.3) is 0 Å². The topological polar surface area (TPSA) is 32.3 Å². The van der Waals surface area contributed by atoms with Crippen LogP contribution in [-0.2, 0) is 11.3 Å². The third-order valence-corrected chi connectivity index (χ3v) is 2.83. The second-order valence-electron chi connectivity index (χ2n) is 4.08. The fourth-order valence-corrected chi connectivity index (χ4v) is 1.69. The maximum Gasteiger partial charge on any atom is 0.222 e. The quantitative estimate of drug-likeness (QED) is 0.790. The summed E-state index contributed by atoms with van der Waals surface area (Å²) in [6.07, 6.45) is 1.46. The first-order valence-electron chi connectivity index (χ1n) is 5.76. The molecule has 0 spiro atoms. The number of nitrogens with one attached hydrogen (secondary N) is 1. The SMILES string of the molecule is CNCCCC(=O)N(C)Cc1ccc(Cl)cc1. The predicted molar refractivity (Wildman–Crippen MR) is 71.1 cm³/mol. The minimum absolute atomic E-state index is 0.176. The van der Waals surface area contributed by atoms with E-state index in [0.717, 1.165) is 23.6 Å². The van der Waals surface area contributed by atoms with Gasteiger partial charge in [-0.1, -0.05) is 23.7 Å². The standard InChI is InChI=1S/C13H19ClN2O/c1-15-9-3-4-13(17)16(2)10-11-5-7-12(14)8-6-11/h5-8,15H,3-4,9-10H2,1-2H3. The molecule has 1 N–H and O–H groups in total. The van der Waals surface area contributed by atoms with Crippen LogP contribution in [0.1, 0.15) is 18.4 Å². The maximum absolute atomic E-state index is 11.8. The van der Waals surface area contributed by atoms with Gasteiger partial charge in [0.1, 0.15) is 0 Å². The monoisotopic (exact) mass is 254 g/mol. The maximum atomic E-state index is 11.8. The van der Waals surface area contributed by atoms with E-state index in [1.807, 2.05) is 38.4 Å². The van der Waals surface area contributed by atoms with E-state index < -0.39 is 0 Å². The third-order valence-electron chi connectivity index (χ3n) is 2.58. The van der Waals surface area contributed by atoms with Crippen molar-refractivity contribution in [2.45, 2.75) is 19.4 Å². The summed E-state index contributed by atoms with van der Waals surface area (Å²) in [6, 6.07) is 7.58. The Labute approximate surface area is 108 Å². The smallest absolute Gasteiger partial charge is 0.222 e. The zero-order chi connectivity index (χ0) is 12.7. The van der Waals surface area contributed by atoms with Gasteiger partial charge in [-0.2, -0.15) is 0 Å². The van der Waals surface area contributed by atoms with Crippen molar-refractivity contribution in [1.29, 1.82) is 0 Å². The Bertz CT molecular complexity index is 351. The van der Waals surface area contributed by atoms with Gasteiger partial charge < -0.3 is 10.2 Å². The Morgan fingerprint density at radius 2 is 2.00 bits per heavy atom. The van der Waals surface area contributed by atoms with Crippen LogP contribution >= 0.6 is 11.6 Å². The molecule has 3 nitrogen and oxygen atoms in total. The minimum atomic E-state index is 0.176. The fraction of sp³-hybridized carbons (Fsp3) is 0.462. The summed E-state index contributed by atoms with van der Waals surface area (Å²) in [4.78, 5) is 13.5. The summed E-state index contributed by atoms with van der Waals surface area (Å²) >= 11 is 5.81. The highest BCUT2D eigenvalue weighted by atomic mass is 35.5. The summed E-state index contributed by atoms with van der Waals surface area (Å²) in [6.45, 7) is 1.51. The Hall–Kier alpha value is -1.06. The Morgan fingerprint density at radius 3 is 2.59 bits per heavy atom. The number of carbonyl (C=O) groups is 1. The van der Waals surface area contributed by atoms with Gasteiger partial charge in [-0.3, -0.25) is 4.79 Å². The van der Waals surface area contributed by atoms with Crippen LogP contribution in [0.15, 0.2) is 24.3 Å². The Morgan fingerprint density at radius 1 is 1.35 bits per heavy atom. The lowest BCUT2D eigenvalue weighted by Gasteiger charge is -2.17. The van der Waals surface area contributed by atoms with Gasteiger partial charge in [0.05, 0.1) is 0 Å². The van der Waals surface area contributed by atoms with E-state index in [1.54, 1.807) is 4.90 Å². The van der Waals surface area contributed by atoms with Crippen LogP contribution in [0.4, 0.5) is 0 Å². The number of rotatable bonds is 6. The molecule has 94 valence electrons. The first kappa shape index (κ1) is 14.0. The van der Waals surface area contributed by atoms with E-state index in [2.05, 4.69) is 5.32 Å². The molecule has 1 amide bonds. The molecule has 0 aliphatic rings. The van der Waals surface area contributed by atoms with Crippen molar-refractivity contribution in [1.82, 2.24) is 10.2 Å². The van der Waals surface area contributed by atoms with Crippen molar-refractivity contribution in [3.05, 3.63) is 34.9 Å². The molecule has 0 fully saturated rings. The molecule has 0 heterocycles. The number of benzene rings is 1. The zero-order valence-electron chi connectivity index (χ0n) is 10.4. The van der Waals surface area contributed by atoms with Crippen molar-refractivity contribution >= 4 is 17.5 Å². The predicted octanol–water partition coefficient (Wildman–Crippen LogP) is 2.30. The molecule has 0 atom stereocenters. The average molecular weight is 255 g/mol. The molecular formula is C13H19ClN2O. The number of halogens is 1. The van der Waals surface area contributed by atoms with Crippen LogP contribution in [0.25, 0.3) is 0 Å². The van der Waals surface area contributed by atoms with Gasteiger partial charge in [-0.05, 0) is 37.7 Å². The van der Waals surface area contributed by atoms with Crippen molar-refractivity contribution in [2.75, 3.05) is 20.6 Å².